The van der Waals surface area contributed by atoms with Crippen LogP contribution in [-0.4, -0.2) is 22.1 Å². The molecule has 0 atom stereocenters. The van der Waals surface area contributed by atoms with Crippen molar-refractivity contribution in [2.75, 3.05) is 5.32 Å². The molecule has 6 nitrogen and oxygen atoms in total. The van der Waals surface area contributed by atoms with Crippen LogP contribution in [0.2, 0.25) is 0 Å². The van der Waals surface area contributed by atoms with Crippen LogP contribution < -0.4 is 10.6 Å². The number of hydrogen-bond donors (Lipinski definition) is 3. The first-order valence-corrected chi connectivity index (χ1v) is 7.13. The monoisotopic (exact) mass is 305 g/mol. The van der Waals surface area contributed by atoms with Crippen molar-refractivity contribution in [3.63, 3.8) is 0 Å². The zero-order valence-corrected chi connectivity index (χ0v) is 12.5. The molecule has 0 saturated heterocycles. The van der Waals surface area contributed by atoms with E-state index in [4.69, 9.17) is 5.11 Å². The molecular formula is C14H15N3O3S. The van der Waals surface area contributed by atoms with Crippen molar-refractivity contribution in [1.29, 1.82) is 0 Å². The number of aryl methyl sites for hydroxylation is 2. The molecule has 0 aliphatic carbocycles. The van der Waals surface area contributed by atoms with Crippen molar-refractivity contribution < 1.29 is 14.7 Å². The van der Waals surface area contributed by atoms with Gasteiger partial charge in [0, 0.05) is 10.6 Å². The van der Waals surface area contributed by atoms with E-state index < -0.39 is 5.97 Å². The zero-order chi connectivity index (χ0) is 15.4. The smallest absolute Gasteiger partial charge is 0.335 e. The van der Waals surface area contributed by atoms with Gasteiger partial charge in [-0.05, 0) is 31.5 Å². The lowest BCUT2D eigenvalue weighted by atomic mass is 10.1. The number of amides is 2. The predicted molar refractivity (Wildman–Crippen MR) is 80.8 cm³/mol. The Labute approximate surface area is 125 Å². The molecule has 7 heteroatoms. The summed E-state index contributed by atoms with van der Waals surface area (Å²) in [6.07, 6.45) is 0. The number of thiazole rings is 1. The maximum Gasteiger partial charge on any atom is 0.335 e. The van der Waals surface area contributed by atoms with E-state index in [0.29, 0.717) is 12.2 Å². The Hall–Kier alpha value is -2.41. The molecule has 2 amide bonds. The summed E-state index contributed by atoms with van der Waals surface area (Å²) in [5.74, 6) is -1.03. The predicted octanol–water partition coefficient (Wildman–Crippen LogP) is 2.78. The van der Waals surface area contributed by atoms with Gasteiger partial charge in [0.15, 0.2) is 0 Å². The van der Waals surface area contributed by atoms with Gasteiger partial charge in [0.1, 0.15) is 0 Å². The van der Waals surface area contributed by atoms with E-state index in [-0.39, 0.29) is 11.6 Å². The Morgan fingerprint density at radius 2 is 2.10 bits per heavy atom. The lowest BCUT2D eigenvalue weighted by Crippen LogP contribution is -2.28. The molecule has 0 aliphatic rings. The molecule has 0 fully saturated rings. The van der Waals surface area contributed by atoms with Crippen molar-refractivity contribution >= 4 is 29.0 Å². The molecule has 0 saturated carbocycles. The van der Waals surface area contributed by atoms with E-state index in [1.54, 1.807) is 18.5 Å². The Morgan fingerprint density at radius 3 is 2.71 bits per heavy atom. The number of anilines is 1. The number of carbonyl (C=O) groups is 2. The fraction of sp³-hybridized carbons (Fsp3) is 0.214. The van der Waals surface area contributed by atoms with Crippen molar-refractivity contribution in [3.05, 3.63) is 45.4 Å². The van der Waals surface area contributed by atoms with E-state index in [9.17, 15) is 9.59 Å². The number of nitrogens with one attached hydrogen (secondary N) is 2. The van der Waals surface area contributed by atoms with E-state index in [1.807, 2.05) is 6.92 Å². The van der Waals surface area contributed by atoms with Crippen LogP contribution in [0, 0.1) is 13.8 Å². The molecule has 0 spiro atoms. The minimum Gasteiger partial charge on any atom is -0.478 e. The highest BCUT2D eigenvalue weighted by atomic mass is 32.1. The second kappa shape index (κ2) is 6.36. The number of aromatic nitrogens is 1. The second-order valence-electron chi connectivity index (χ2n) is 4.50. The molecule has 1 heterocycles. The van der Waals surface area contributed by atoms with Crippen LogP contribution >= 0.6 is 11.3 Å². The molecule has 2 rings (SSSR count). The number of rotatable bonds is 4. The normalized spacial score (nSPS) is 10.2. The molecule has 110 valence electrons. The van der Waals surface area contributed by atoms with E-state index in [0.717, 1.165) is 16.1 Å². The number of carboxylic acids is 1. The zero-order valence-electron chi connectivity index (χ0n) is 11.6. The highest BCUT2D eigenvalue weighted by molar-refractivity contribution is 7.09. The SMILES string of the molecule is Cc1ccc(C(=O)O)cc1NC(=O)NCc1scnc1C. The highest BCUT2D eigenvalue weighted by Gasteiger charge is 2.09. The van der Waals surface area contributed by atoms with Gasteiger partial charge in [0.2, 0.25) is 0 Å². The van der Waals surface area contributed by atoms with Crippen LogP contribution in [0.4, 0.5) is 10.5 Å². The van der Waals surface area contributed by atoms with Gasteiger partial charge in [-0.3, -0.25) is 0 Å². The van der Waals surface area contributed by atoms with Crippen molar-refractivity contribution in [2.24, 2.45) is 0 Å². The van der Waals surface area contributed by atoms with Crippen molar-refractivity contribution in [1.82, 2.24) is 10.3 Å². The van der Waals surface area contributed by atoms with Gasteiger partial charge in [-0.2, -0.15) is 0 Å². The van der Waals surface area contributed by atoms with Gasteiger partial charge in [-0.15, -0.1) is 11.3 Å². The number of benzene rings is 1. The Morgan fingerprint density at radius 1 is 1.33 bits per heavy atom. The van der Waals surface area contributed by atoms with Gasteiger partial charge < -0.3 is 15.7 Å². The minimum atomic E-state index is -1.03. The summed E-state index contributed by atoms with van der Waals surface area (Å²) in [5, 5.41) is 14.3. The molecule has 0 bridgehead atoms. The molecule has 0 radical (unpaired) electrons. The number of urea groups is 1. The van der Waals surface area contributed by atoms with Gasteiger partial charge in [0.05, 0.1) is 23.3 Å². The number of aromatic carboxylic acids is 1. The van der Waals surface area contributed by atoms with Gasteiger partial charge >= 0.3 is 12.0 Å². The third kappa shape index (κ3) is 3.79. The van der Waals surface area contributed by atoms with E-state index in [2.05, 4.69) is 15.6 Å². The molecule has 21 heavy (non-hydrogen) atoms. The summed E-state index contributed by atoms with van der Waals surface area (Å²) in [5.41, 5.74) is 4.03. The Bertz CT molecular complexity index is 682. The molecular weight excluding hydrogens is 290 g/mol. The van der Waals surface area contributed by atoms with Gasteiger partial charge in [-0.1, -0.05) is 6.07 Å². The maximum atomic E-state index is 11.9. The number of carbonyl (C=O) groups excluding carboxylic acids is 1. The number of nitrogens with zero attached hydrogens (tertiary/aromatic N) is 1. The first-order valence-electron chi connectivity index (χ1n) is 6.25. The summed E-state index contributed by atoms with van der Waals surface area (Å²) in [4.78, 5) is 27.9. The van der Waals surface area contributed by atoms with Crippen LogP contribution in [0.1, 0.15) is 26.5 Å². The Balaban J connectivity index is 2.01. The second-order valence-corrected chi connectivity index (χ2v) is 5.44. The fourth-order valence-electron chi connectivity index (χ4n) is 1.71. The topological polar surface area (TPSA) is 91.3 Å². The molecule has 0 unspecified atom stereocenters. The van der Waals surface area contributed by atoms with Crippen molar-refractivity contribution in [2.45, 2.75) is 20.4 Å². The molecule has 1 aromatic heterocycles. The first-order chi connectivity index (χ1) is 9.97. The largest absolute Gasteiger partial charge is 0.478 e. The maximum absolute atomic E-state index is 11.9. The molecule has 3 N–H and O–H groups in total. The average molecular weight is 305 g/mol. The molecule has 0 aliphatic heterocycles. The van der Waals surface area contributed by atoms with Crippen molar-refractivity contribution in [3.8, 4) is 0 Å². The van der Waals surface area contributed by atoms with Gasteiger partial charge in [0.25, 0.3) is 0 Å². The van der Waals surface area contributed by atoms with Crippen LogP contribution in [0.25, 0.3) is 0 Å². The summed E-state index contributed by atoms with van der Waals surface area (Å²) < 4.78 is 0. The lowest BCUT2D eigenvalue weighted by molar-refractivity contribution is 0.0697. The van der Waals surface area contributed by atoms with Crippen LogP contribution in [0.15, 0.2) is 23.7 Å². The highest BCUT2D eigenvalue weighted by Crippen LogP contribution is 2.17. The summed E-state index contributed by atoms with van der Waals surface area (Å²) in [7, 11) is 0. The van der Waals surface area contributed by atoms with Crippen LogP contribution in [-0.2, 0) is 6.54 Å². The minimum absolute atomic E-state index is 0.134. The summed E-state index contributed by atoms with van der Waals surface area (Å²) in [6, 6.07) is 4.22. The van der Waals surface area contributed by atoms with Gasteiger partial charge in [-0.25, -0.2) is 14.6 Å². The lowest BCUT2D eigenvalue weighted by Gasteiger charge is -2.10. The molecule has 1 aromatic carbocycles. The average Bonchev–Trinajstić information content (AvgIpc) is 2.84. The third-order valence-electron chi connectivity index (χ3n) is 2.99. The van der Waals surface area contributed by atoms with Crippen LogP contribution in [0.5, 0.6) is 0 Å². The quantitative estimate of drug-likeness (QED) is 0.810. The number of carboxylic acid groups (broad SMARTS) is 1. The van der Waals surface area contributed by atoms with Crippen LogP contribution in [0.3, 0.4) is 0 Å². The number of hydrogen-bond acceptors (Lipinski definition) is 4. The molecule has 2 aromatic rings. The van der Waals surface area contributed by atoms with E-state index in [1.165, 1.54) is 23.5 Å². The summed E-state index contributed by atoms with van der Waals surface area (Å²) >= 11 is 1.48. The first kappa shape index (κ1) is 15.0. The summed E-state index contributed by atoms with van der Waals surface area (Å²) in [6.45, 7) is 4.07. The third-order valence-corrected chi connectivity index (χ3v) is 3.92. The fourth-order valence-corrected chi connectivity index (χ4v) is 2.43. The Kier molecular flexibility index (Phi) is 4.54. The standard InChI is InChI=1S/C14H15N3O3S/c1-8-3-4-10(13(18)19)5-11(8)17-14(20)15-6-12-9(2)16-7-21-12/h3-5,7H,6H2,1-2H3,(H,18,19)(H2,15,17,20). The van der Waals surface area contributed by atoms with E-state index >= 15 is 0 Å².